The molecule has 0 atom stereocenters. The number of amides is 1. The molecule has 0 N–H and O–H groups in total. The number of hydrogen-bond donors (Lipinski definition) is 0. The highest BCUT2D eigenvalue weighted by Crippen LogP contribution is 2.18. The van der Waals surface area contributed by atoms with Crippen LogP contribution in [-0.4, -0.2) is 22.8 Å². The fourth-order valence-corrected chi connectivity index (χ4v) is 3.48. The van der Waals surface area contributed by atoms with Gasteiger partial charge < -0.3 is 9.47 Å². The summed E-state index contributed by atoms with van der Waals surface area (Å²) in [6.45, 7) is 0.887. The van der Waals surface area contributed by atoms with E-state index in [2.05, 4.69) is 4.98 Å². The van der Waals surface area contributed by atoms with Gasteiger partial charge in [-0.3, -0.25) is 9.88 Å². The number of carbonyl (C=O) groups is 1. The standard InChI is InChI=1S/C17H16N2O3S2/c20-17(22-13-21-14-4-1-7-18-10-14)19(11-15-5-2-8-23-15)12-16-6-3-9-24-16/h1-10H,11-13H2. The van der Waals surface area contributed by atoms with Crippen molar-refractivity contribution in [2.24, 2.45) is 0 Å². The predicted octanol–water partition coefficient (Wildman–Crippen LogP) is 4.38. The van der Waals surface area contributed by atoms with E-state index in [1.165, 1.54) is 0 Å². The Morgan fingerprint density at radius 3 is 2.29 bits per heavy atom. The summed E-state index contributed by atoms with van der Waals surface area (Å²) < 4.78 is 10.6. The van der Waals surface area contributed by atoms with E-state index in [-0.39, 0.29) is 6.79 Å². The molecule has 0 unspecified atom stereocenters. The van der Waals surface area contributed by atoms with Crippen molar-refractivity contribution in [3.63, 3.8) is 0 Å². The fourth-order valence-electron chi connectivity index (χ4n) is 2.04. The van der Waals surface area contributed by atoms with Crippen molar-refractivity contribution in [1.82, 2.24) is 9.88 Å². The monoisotopic (exact) mass is 360 g/mol. The van der Waals surface area contributed by atoms with Crippen LogP contribution in [0.2, 0.25) is 0 Å². The Morgan fingerprint density at radius 2 is 1.75 bits per heavy atom. The molecule has 0 saturated heterocycles. The van der Waals surface area contributed by atoms with Crippen LogP contribution in [0.15, 0.2) is 59.6 Å². The van der Waals surface area contributed by atoms with E-state index >= 15 is 0 Å². The Kier molecular flexibility index (Phi) is 5.81. The summed E-state index contributed by atoms with van der Waals surface area (Å²) in [4.78, 5) is 20.2. The molecule has 7 heteroatoms. The van der Waals surface area contributed by atoms with Crippen LogP contribution in [0.3, 0.4) is 0 Å². The third kappa shape index (κ3) is 4.81. The largest absolute Gasteiger partial charge is 0.456 e. The van der Waals surface area contributed by atoms with Crippen LogP contribution in [0.25, 0.3) is 0 Å². The Hall–Kier alpha value is -2.38. The lowest BCUT2D eigenvalue weighted by Crippen LogP contribution is -2.31. The molecule has 0 saturated carbocycles. The van der Waals surface area contributed by atoms with Crippen molar-refractivity contribution in [2.45, 2.75) is 13.1 Å². The quantitative estimate of drug-likeness (QED) is 0.587. The first-order valence-electron chi connectivity index (χ1n) is 7.30. The first-order valence-corrected chi connectivity index (χ1v) is 9.06. The van der Waals surface area contributed by atoms with Gasteiger partial charge in [-0.1, -0.05) is 12.1 Å². The predicted molar refractivity (Wildman–Crippen MR) is 94.1 cm³/mol. The van der Waals surface area contributed by atoms with Crippen molar-refractivity contribution >= 4 is 28.8 Å². The van der Waals surface area contributed by atoms with Gasteiger partial charge in [0, 0.05) is 16.0 Å². The Morgan fingerprint density at radius 1 is 1.04 bits per heavy atom. The number of rotatable bonds is 7. The summed E-state index contributed by atoms with van der Waals surface area (Å²) in [5, 5.41) is 3.99. The molecule has 5 nitrogen and oxygen atoms in total. The van der Waals surface area contributed by atoms with Gasteiger partial charge >= 0.3 is 6.09 Å². The van der Waals surface area contributed by atoms with Gasteiger partial charge in [0.1, 0.15) is 5.75 Å². The zero-order valence-electron chi connectivity index (χ0n) is 12.8. The molecule has 1 amide bonds. The van der Waals surface area contributed by atoms with Gasteiger partial charge in [0.25, 0.3) is 0 Å². The van der Waals surface area contributed by atoms with E-state index in [1.807, 2.05) is 35.0 Å². The minimum absolute atomic E-state index is 0.143. The summed E-state index contributed by atoms with van der Waals surface area (Å²) in [6, 6.07) is 11.5. The Balaban J connectivity index is 1.57. The zero-order chi connectivity index (χ0) is 16.6. The molecule has 0 aliphatic carbocycles. The van der Waals surface area contributed by atoms with Gasteiger partial charge in [-0.2, -0.15) is 0 Å². The van der Waals surface area contributed by atoms with E-state index in [0.717, 1.165) is 9.75 Å². The normalized spacial score (nSPS) is 10.3. The number of hydrogen-bond acceptors (Lipinski definition) is 6. The zero-order valence-corrected chi connectivity index (χ0v) is 14.5. The summed E-state index contributed by atoms with van der Waals surface area (Å²) in [5.74, 6) is 0.563. The summed E-state index contributed by atoms with van der Waals surface area (Å²) in [6.07, 6.45) is 2.83. The maximum absolute atomic E-state index is 12.4. The fraction of sp³-hybridized carbons (Fsp3) is 0.176. The second-order valence-corrected chi connectivity index (χ2v) is 6.94. The Bertz CT molecular complexity index is 694. The molecule has 24 heavy (non-hydrogen) atoms. The van der Waals surface area contributed by atoms with Crippen molar-refractivity contribution in [3.05, 3.63) is 69.3 Å². The van der Waals surface area contributed by atoms with Gasteiger partial charge in [-0.15, -0.1) is 22.7 Å². The molecule has 0 fully saturated rings. The van der Waals surface area contributed by atoms with Crippen LogP contribution in [0.1, 0.15) is 9.75 Å². The molecule has 0 bridgehead atoms. The molecule has 0 spiro atoms. The van der Waals surface area contributed by atoms with Crippen molar-refractivity contribution in [2.75, 3.05) is 6.79 Å². The maximum Gasteiger partial charge on any atom is 0.413 e. The molecule has 124 valence electrons. The van der Waals surface area contributed by atoms with Crippen LogP contribution in [0.5, 0.6) is 5.75 Å². The second kappa shape index (κ2) is 8.47. The molecule has 3 rings (SSSR count). The highest BCUT2D eigenvalue weighted by Gasteiger charge is 2.17. The average molecular weight is 360 g/mol. The van der Waals surface area contributed by atoms with Gasteiger partial charge in [-0.25, -0.2) is 4.79 Å². The molecule has 0 aliphatic rings. The summed E-state index contributed by atoms with van der Waals surface area (Å²) in [5.41, 5.74) is 0. The topological polar surface area (TPSA) is 51.7 Å². The molecule has 3 heterocycles. The average Bonchev–Trinajstić information content (AvgIpc) is 3.29. The van der Waals surface area contributed by atoms with E-state index in [9.17, 15) is 4.79 Å². The maximum atomic E-state index is 12.4. The van der Waals surface area contributed by atoms with E-state index < -0.39 is 6.09 Å². The molecular formula is C17H16N2O3S2. The van der Waals surface area contributed by atoms with Crippen molar-refractivity contribution < 1.29 is 14.3 Å². The van der Waals surface area contributed by atoms with Crippen LogP contribution < -0.4 is 4.74 Å². The lowest BCUT2D eigenvalue weighted by atomic mass is 10.4. The van der Waals surface area contributed by atoms with E-state index in [0.29, 0.717) is 18.8 Å². The first-order chi connectivity index (χ1) is 11.8. The van der Waals surface area contributed by atoms with Crippen LogP contribution in [0.4, 0.5) is 4.79 Å². The lowest BCUT2D eigenvalue weighted by molar-refractivity contribution is 0.0320. The number of thiophene rings is 2. The van der Waals surface area contributed by atoms with Crippen molar-refractivity contribution in [1.29, 1.82) is 0 Å². The Labute approximate surface area is 148 Å². The molecule has 0 radical (unpaired) electrons. The molecule has 0 aromatic carbocycles. The number of nitrogens with zero attached hydrogens (tertiary/aromatic N) is 2. The van der Waals surface area contributed by atoms with Gasteiger partial charge in [-0.05, 0) is 35.0 Å². The number of ether oxygens (including phenoxy) is 2. The third-order valence-corrected chi connectivity index (χ3v) is 4.88. The van der Waals surface area contributed by atoms with Gasteiger partial charge in [0.05, 0.1) is 19.3 Å². The molecule has 3 aromatic heterocycles. The molecule has 0 aliphatic heterocycles. The van der Waals surface area contributed by atoms with Crippen LogP contribution >= 0.6 is 22.7 Å². The minimum atomic E-state index is -0.402. The third-order valence-electron chi connectivity index (χ3n) is 3.15. The number of aromatic nitrogens is 1. The highest BCUT2D eigenvalue weighted by atomic mass is 32.1. The highest BCUT2D eigenvalue weighted by molar-refractivity contribution is 7.10. The van der Waals surface area contributed by atoms with Crippen LogP contribution in [-0.2, 0) is 17.8 Å². The smallest absolute Gasteiger partial charge is 0.413 e. The summed E-state index contributed by atoms with van der Waals surface area (Å²) in [7, 11) is 0. The number of carbonyl (C=O) groups excluding carboxylic acids is 1. The lowest BCUT2D eigenvalue weighted by Gasteiger charge is -2.21. The SMILES string of the molecule is O=C(OCOc1cccnc1)N(Cc1cccs1)Cc1cccs1. The van der Waals surface area contributed by atoms with E-state index in [1.54, 1.807) is 52.1 Å². The summed E-state index contributed by atoms with van der Waals surface area (Å²) >= 11 is 3.23. The second-order valence-electron chi connectivity index (χ2n) is 4.88. The van der Waals surface area contributed by atoms with Crippen LogP contribution in [0, 0.1) is 0 Å². The van der Waals surface area contributed by atoms with Gasteiger partial charge in [0.2, 0.25) is 6.79 Å². The first kappa shape index (κ1) is 16.5. The minimum Gasteiger partial charge on any atom is -0.456 e. The molecular weight excluding hydrogens is 344 g/mol. The molecule has 3 aromatic rings. The van der Waals surface area contributed by atoms with Gasteiger partial charge in [0.15, 0.2) is 0 Å². The number of pyridine rings is 1. The van der Waals surface area contributed by atoms with Crippen molar-refractivity contribution in [3.8, 4) is 5.75 Å². The van der Waals surface area contributed by atoms with E-state index in [4.69, 9.17) is 9.47 Å².